The van der Waals surface area contributed by atoms with Crippen molar-refractivity contribution in [3.8, 4) is 0 Å². The van der Waals surface area contributed by atoms with Gasteiger partial charge >= 0.3 is 0 Å². The number of nitrogens with zero attached hydrogens (tertiary/aromatic N) is 2. The van der Waals surface area contributed by atoms with Gasteiger partial charge < -0.3 is 10.6 Å². The van der Waals surface area contributed by atoms with Gasteiger partial charge in [-0.15, -0.1) is 0 Å². The Morgan fingerprint density at radius 2 is 1.90 bits per heavy atom. The predicted octanol–water partition coefficient (Wildman–Crippen LogP) is 2.69. The molecule has 0 radical (unpaired) electrons. The summed E-state index contributed by atoms with van der Waals surface area (Å²) in [7, 11) is 2.16. The average molecular weight is 276 g/mol. The van der Waals surface area contributed by atoms with Crippen LogP contribution in [0.25, 0.3) is 0 Å². The van der Waals surface area contributed by atoms with E-state index in [-0.39, 0.29) is 5.41 Å². The van der Waals surface area contributed by atoms with Crippen LogP contribution in [-0.2, 0) is 6.42 Å². The molecule has 20 heavy (non-hydrogen) atoms. The van der Waals surface area contributed by atoms with Crippen LogP contribution in [0.4, 0.5) is 0 Å². The molecule has 112 valence electrons. The van der Waals surface area contributed by atoms with Gasteiger partial charge in [-0.25, -0.2) is 0 Å². The molecule has 0 unspecified atom stereocenters. The molecule has 1 rings (SSSR count). The molecule has 0 fully saturated rings. The Hall–Kier alpha value is -1.42. The zero-order chi connectivity index (χ0) is 15.0. The van der Waals surface area contributed by atoms with E-state index in [9.17, 15) is 0 Å². The van der Waals surface area contributed by atoms with E-state index in [2.05, 4.69) is 29.1 Å². The molecule has 1 heterocycles. The van der Waals surface area contributed by atoms with E-state index in [1.807, 2.05) is 26.2 Å². The highest BCUT2D eigenvalue weighted by molar-refractivity contribution is 5.82. The van der Waals surface area contributed by atoms with E-state index in [4.69, 9.17) is 11.1 Å². The van der Waals surface area contributed by atoms with Crippen molar-refractivity contribution in [1.82, 2.24) is 9.88 Å². The number of likely N-dealkylation sites (N-methyl/N-ethyl adjacent to an activating group) is 1. The van der Waals surface area contributed by atoms with Gasteiger partial charge in [0.25, 0.3) is 0 Å². The molecule has 0 saturated heterocycles. The number of hydrogen-bond acceptors (Lipinski definition) is 3. The summed E-state index contributed by atoms with van der Waals surface area (Å²) in [6, 6.07) is 4.15. The third-order valence-electron chi connectivity index (χ3n) is 3.85. The summed E-state index contributed by atoms with van der Waals surface area (Å²) in [5.74, 6) is 0.295. The van der Waals surface area contributed by atoms with Gasteiger partial charge in [0.1, 0.15) is 0 Å². The Labute approximate surface area is 122 Å². The van der Waals surface area contributed by atoms with Crippen molar-refractivity contribution >= 4 is 5.84 Å². The SMILES string of the molecule is CN(CCCCC(C)(C)C(=N)N)CCc1ccncc1. The standard InChI is InChI=1S/C16H28N4/c1-16(2,15(17)18)9-4-5-12-20(3)13-8-14-6-10-19-11-7-14/h6-7,10-11H,4-5,8-9,12-13H2,1-3H3,(H3,17,18). The zero-order valence-corrected chi connectivity index (χ0v) is 13.0. The summed E-state index contributed by atoms with van der Waals surface area (Å²) in [5, 5.41) is 7.54. The van der Waals surface area contributed by atoms with Crippen molar-refractivity contribution in [1.29, 1.82) is 5.41 Å². The quantitative estimate of drug-likeness (QED) is 0.414. The highest BCUT2D eigenvalue weighted by Crippen LogP contribution is 2.22. The van der Waals surface area contributed by atoms with Crippen LogP contribution in [0.15, 0.2) is 24.5 Å². The summed E-state index contributed by atoms with van der Waals surface area (Å²) in [6.45, 7) is 6.25. The number of amidine groups is 1. The van der Waals surface area contributed by atoms with Crippen molar-refractivity contribution in [3.63, 3.8) is 0 Å². The molecule has 0 bridgehead atoms. The van der Waals surface area contributed by atoms with Gasteiger partial charge in [-0.3, -0.25) is 10.4 Å². The molecular weight excluding hydrogens is 248 g/mol. The van der Waals surface area contributed by atoms with Gasteiger partial charge in [-0.2, -0.15) is 0 Å². The topological polar surface area (TPSA) is 66.0 Å². The third kappa shape index (κ3) is 6.15. The summed E-state index contributed by atoms with van der Waals surface area (Å²) < 4.78 is 0. The highest BCUT2D eigenvalue weighted by Gasteiger charge is 2.20. The minimum atomic E-state index is -0.157. The maximum atomic E-state index is 7.54. The molecule has 4 heteroatoms. The average Bonchev–Trinajstić information content (AvgIpc) is 2.42. The van der Waals surface area contributed by atoms with E-state index in [1.54, 1.807) is 0 Å². The number of nitrogens with two attached hydrogens (primary N) is 1. The van der Waals surface area contributed by atoms with Gasteiger partial charge in [0, 0.05) is 24.4 Å². The lowest BCUT2D eigenvalue weighted by molar-refractivity contribution is 0.319. The molecule has 1 aromatic rings. The minimum absolute atomic E-state index is 0.157. The molecule has 0 amide bonds. The lowest BCUT2D eigenvalue weighted by Crippen LogP contribution is -2.31. The van der Waals surface area contributed by atoms with E-state index in [1.165, 1.54) is 5.56 Å². The molecule has 0 aromatic carbocycles. The number of pyridine rings is 1. The Balaban J connectivity index is 2.15. The van der Waals surface area contributed by atoms with Gasteiger partial charge in [0.05, 0.1) is 5.84 Å². The first-order valence-electron chi connectivity index (χ1n) is 7.34. The molecule has 0 aliphatic rings. The Bertz CT molecular complexity index is 400. The van der Waals surface area contributed by atoms with Gasteiger partial charge in [0.2, 0.25) is 0 Å². The normalized spacial score (nSPS) is 11.8. The van der Waals surface area contributed by atoms with Gasteiger partial charge in [0.15, 0.2) is 0 Å². The number of nitrogens with one attached hydrogen (secondary N) is 1. The number of rotatable bonds is 9. The molecule has 0 aliphatic carbocycles. The van der Waals surface area contributed by atoms with Crippen LogP contribution < -0.4 is 5.73 Å². The summed E-state index contributed by atoms with van der Waals surface area (Å²) in [4.78, 5) is 6.39. The summed E-state index contributed by atoms with van der Waals surface area (Å²) in [6.07, 6.45) is 8.02. The minimum Gasteiger partial charge on any atom is -0.387 e. The van der Waals surface area contributed by atoms with Gasteiger partial charge in [-0.05, 0) is 50.6 Å². The highest BCUT2D eigenvalue weighted by atomic mass is 15.1. The zero-order valence-electron chi connectivity index (χ0n) is 13.0. The molecule has 0 aliphatic heterocycles. The largest absolute Gasteiger partial charge is 0.387 e. The van der Waals surface area contributed by atoms with Crippen molar-refractivity contribution in [2.45, 2.75) is 39.5 Å². The molecule has 0 saturated carbocycles. The van der Waals surface area contributed by atoms with Crippen LogP contribution in [0.2, 0.25) is 0 Å². The summed E-state index contributed by atoms with van der Waals surface area (Å²) >= 11 is 0. The maximum Gasteiger partial charge on any atom is 0.0963 e. The molecule has 4 nitrogen and oxygen atoms in total. The molecule has 3 N–H and O–H groups in total. The monoisotopic (exact) mass is 276 g/mol. The first-order valence-corrected chi connectivity index (χ1v) is 7.34. The van der Waals surface area contributed by atoms with Crippen LogP contribution >= 0.6 is 0 Å². The van der Waals surface area contributed by atoms with E-state index < -0.39 is 0 Å². The maximum absolute atomic E-state index is 7.54. The fourth-order valence-electron chi connectivity index (χ4n) is 2.06. The van der Waals surface area contributed by atoms with Crippen LogP contribution in [0.1, 0.15) is 38.7 Å². The molecular formula is C16H28N4. The van der Waals surface area contributed by atoms with E-state index >= 15 is 0 Å². The Morgan fingerprint density at radius 3 is 2.50 bits per heavy atom. The molecule has 0 atom stereocenters. The molecule has 0 spiro atoms. The van der Waals surface area contributed by atoms with E-state index in [0.717, 1.165) is 38.8 Å². The summed E-state index contributed by atoms with van der Waals surface area (Å²) in [5.41, 5.74) is 6.77. The van der Waals surface area contributed by atoms with E-state index in [0.29, 0.717) is 5.84 Å². The third-order valence-corrected chi connectivity index (χ3v) is 3.85. The van der Waals surface area contributed by atoms with Crippen LogP contribution in [-0.4, -0.2) is 35.9 Å². The fraction of sp³-hybridized carbons (Fsp3) is 0.625. The first kappa shape index (κ1) is 16.6. The second kappa shape index (κ2) is 8.00. The Kier molecular flexibility index (Phi) is 6.65. The van der Waals surface area contributed by atoms with Crippen LogP contribution in [0, 0.1) is 10.8 Å². The van der Waals surface area contributed by atoms with Crippen molar-refractivity contribution in [2.75, 3.05) is 20.1 Å². The smallest absolute Gasteiger partial charge is 0.0963 e. The number of aromatic nitrogens is 1. The van der Waals surface area contributed by atoms with Crippen molar-refractivity contribution in [2.24, 2.45) is 11.1 Å². The Morgan fingerprint density at radius 1 is 1.25 bits per heavy atom. The first-order chi connectivity index (χ1) is 9.42. The lowest BCUT2D eigenvalue weighted by atomic mass is 9.86. The second-order valence-electron chi connectivity index (χ2n) is 6.16. The predicted molar refractivity (Wildman–Crippen MR) is 85.0 cm³/mol. The van der Waals surface area contributed by atoms with Crippen molar-refractivity contribution < 1.29 is 0 Å². The van der Waals surface area contributed by atoms with Crippen LogP contribution in [0.5, 0.6) is 0 Å². The van der Waals surface area contributed by atoms with Crippen molar-refractivity contribution in [3.05, 3.63) is 30.1 Å². The fourth-order valence-corrected chi connectivity index (χ4v) is 2.06. The van der Waals surface area contributed by atoms with Gasteiger partial charge in [-0.1, -0.05) is 20.3 Å². The number of hydrogen-bond donors (Lipinski definition) is 2. The number of unbranched alkanes of at least 4 members (excludes halogenated alkanes) is 1. The lowest BCUT2D eigenvalue weighted by Gasteiger charge is -2.23. The second-order valence-corrected chi connectivity index (χ2v) is 6.16. The van der Waals surface area contributed by atoms with Crippen LogP contribution in [0.3, 0.4) is 0 Å². The molecule has 1 aromatic heterocycles.